The van der Waals surface area contributed by atoms with Crippen molar-refractivity contribution in [1.29, 1.82) is 0 Å². The molecule has 0 heterocycles. The minimum atomic E-state index is -0.918. The van der Waals surface area contributed by atoms with E-state index in [1.807, 2.05) is 13.0 Å². The van der Waals surface area contributed by atoms with E-state index in [9.17, 15) is 9.59 Å². The highest BCUT2D eigenvalue weighted by Crippen LogP contribution is 2.18. The van der Waals surface area contributed by atoms with Gasteiger partial charge in [-0.15, -0.1) is 6.58 Å². The molecule has 1 N–H and O–H groups in total. The molecule has 33 heavy (non-hydrogen) atoms. The van der Waals surface area contributed by atoms with E-state index in [4.69, 9.17) is 9.84 Å². The van der Waals surface area contributed by atoms with Gasteiger partial charge in [-0.1, -0.05) is 122 Å². The maximum absolute atomic E-state index is 12.0. The van der Waals surface area contributed by atoms with Crippen LogP contribution in [0.15, 0.2) is 12.7 Å². The highest BCUT2D eigenvalue weighted by Gasteiger charge is 2.22. The van der Waals surface area contributed by atoms with E-state index in [0.717, 1.165) is 19.3 Å². The van der Waals surface area contributed by atoms with Crippen LogP contribution in [-0.4, -0.2) is 23.7 Å². The summed E-state index contributed by atoms with van der Waals surface area (Å²) in [6.45, 7) is 6.10. The van der Waals surface area contributed by atoms with Gasteiger partial charge >= 0.3 is 11.9 Å². The minimum absolute atomic E-state index is 0.112. The molecule has 0 aromatic rings. The Balaban J connectivity index is 3.39. The Morgan fingerprint density at radius 1 is 0.727 bits per heavy atom. The fourth-order valence-corrected chi connectivity index (χ4v) is 4.34. The average Bonchev–Trinajstić information content (AvgIpc) is 2.80. The van der Waals surface area contributed by atoms with Gasteiger partial charge in [-0.2, -0.15) is 0 Å². The van der Waals surface area contributed by atoms with Crippen LogP contribution in [0.2, 0.25) is 0 Å². The second kappa shape index (κ2) is 25.3. The summed E-state index contributed by atoms with van der Waals surface area (Å²) in [4.78, 5) is 23.0. The molecule has 0 aliphatic carbocycles. The number of rotatable bonds is 26. The zero-order chi connectivity index (χ0) is 24.4. The molecule has 4 heteroatoms. The fraction of sp³-hybridized carbons (Fsp3) is 0.862. The van der Waals surface area contributed by atoms with Gasteiger partial charge in [-0.25, -0.2) is 0 Å². The maximum Gasteiger partial charge on any atom is 0.309 e. The van der Waals surface area contributed by atoms with E-state index in [1.165, 1.54) is 109 Å². The predicted octanol–water partition coefficient (Wildman–Crippen LogP) is 9.02. The molecule has 0 aromatic heterocycles. The summed E-state index contributed by atoms with van der Waals surface area (Å²) in [5.74, 6) is -1.74. The van der Waals surface area contributed by atoms with E-state index in [0.29, 0.717) is 13.0 Å². The Morgan fingerprint density at radius 3 is 1.48 bits per heavy atom. The van der Waals surface area contributed by atoms with E-state index < -0.39 is 11.9 Å². The SMILES string of the molecule is C=CCCCCCCCCCCCCCCCCCCCCC(CC(=O)O)C(=O)OCCC. The van der Waals surface area contributed by atoms with Gasteiger partial charge in [0.2, 0.25) is 0 Å². The summed E-state index contributed by atoms with van der Waals surface area (Å²) in [6, 6.07) is 0. The van der Waals surface area contributed by atoms with Gasteiger partial charge in [-0.05, 0) is 25.7 Å². The first-order valence-corrected chi connectivity index (χ1v) is 14.1. The van der Waals surface area contributed by atoms with Crippen molar-refractivity contribution < 1.29 is 19.4 Å². The Morgan fingerprint density at radius 2 is 1.12 bits per heavy atom. The molecule has 0 fully saturated rings. The smallest absolute Gasteiger partial charge is 0.309 e. The van der Waals surface area contributed by atoms with Gasteiger partial charge in [0.1, 0.15) is 0 Å². The number of unbranched alkanes of at least 4 members (excludes halogenated alkanes) is 18. The zero-order valence-electron chi connectivity index (χ0n) is 21.8. The number of ether oxygens (including phenoxy) is 1. The quantitative estimate of drug-likeness (QED) is 0.0784. The molecule has 0 aliphatic heterocycles. The Hall–Kier alpha value is -1.32. The summed E-state index contributed by atoms with van der Waals surface area (Å²) in [7, 11) is 0. The monoisotopic (exact) mass is 466 g/mol. The zero-order valence-corrected chi connectivity index (χ0v) is 21.8. The fourth-order valence-electron chi connectivity index (χ4n) is 4.34. The summed E-state index contributed by atoms with van der Waals surface area (Å²) in [5, 5.41) is 9.01. The van der Waals surface area contributed by atoms with Crippen molar-refractivity contribution in [3.63, 3.8) is 0 Å². The van der Waals surface area contributed by atoms with Crippen LogP contribution < -0.4 is 0 Å². The number of hydrogen-bond donors (Lipinski definition) is 1. The Bertz CT molecular complexity index is 461. The lowest BCUT2D eigenvalue weighted by molar-refractivity contribution is -0.153. The van der Waals surface area contributed by atoms with Crippen LogP contribution >= 0.6 is 0 Å². The molecule has 0 saturated carbocycles. The van der Waals surface area contributed by atoms with Crippen molar-refractivity contribution in [2.45, 2.75) is 148 Å². The highest BCUT2D eigenvalue weighted by atomic mass is 16.5. The number of allylic oxidation sites excluding steroid dienone is 1. The third-order valence-corrected chi connectivity index (χ3v) is 6.41. The number of carbonyl (C=O) groups excluding carboxylic acids is 1. The Kier molecular flexibility index (Phi) is 24.3. The molecule has 0 aromatic carbocycles. The standard InChI is InChI=1S/C29H54O4/c1-3-5-6-7-8-9-10-11-12-13-14-15-16-17-18-19-20-21-22-23-24-27(26-28(30)31)29(32)33-25-4-2/h3,27H,1,4-26H2,2H3,(H,30,31). The van der Waals surface area contributed by atoms with Crippen molar-refractivity contribution in [3.8, 4) is 0 Å². The van der Waals surface area contributed by atoms with Gasteiger partial charge in [-0.3, -0.25) is 9.59 Å². The third-order valence-electron chi connectivity index (χ3n) is 6.41. The molecule has 194 valence electrons. The van der Waals surface area contributed by atoms with Gasteiger partial charge in [0.05, 0.1) is 18.9 Å². The lowest BCUT2D eigenvalue weighted by Gasteiger charge is -2.13. The summed E-state index contributed by atoms with van der Waals surface area (Å²) in [6.07, 6.45) is 28.2. The second-order valence-electron chi connectivity index (χ2n) is 9.69. The highest BCUT2D eigenvalue weighted by molar-refractivity contribution is 5.79. The number of carboxylic acids is 1. The largest absolute Gasteiger partial charge is 0.481 e. The minimum Gasteiger partial charge on any atom is -0.481 e. The molecule has 0 saturated heterocycles. The molecule has 0 aliphatic rings. The molecule has 0 amide bonds. The number of aliphatic carboxylic acids is 1. The van der Waals surface area contributed by atoms with Crippen LogP contribution in [0.5, 0.6) is 0 Å². The van der Waals surface area contributed by atoms with E-state index in [2.05, 4.69) is 6.58 Å². The third kappa shape index (κ3) is 23.6. The molecule has 0 bridgehead atoms. The van der Waals surface area contributed by atoms with E-state index in [-0.39, 0.29) is 12.4 Å². The van der Waals surface area contributed by atoms with Crippen LogP contribution in [0.1, 0.15) is 148 Å². The van der Waals surface area contributed by atoms with E-state index in [1.54, 1.807) is 0 Å². The molecule has 0 rings (SSSR count). The van der Waals surface area contributed by atoms with Crippen LogP contribution in [0.4, 0.5) is 0 Å². The number of esters is 1. The topological polar surface area (TPSA) is 63.6 Å². The van der Waals surface area contributed by atoms with Gasteiger partial charge in [0.25, 0.3) is 0 Å². The van der Waals surface area contributed by atoms with Crippen LogP contribution in [0, 0.1) is 5.92 Å². The number of carbonyl (C=O) groups is 2. The predicted molar refractivity (Wildman–Crippen MR) is 140 cm³/mol. The molecular weight excluding hydrogens is 412 g/mol. The van der Waals surface area contributed by atoms with Crippen molar-refractivity contribution in [3.05, 3.63) is 12.7 Å². The number of carboxylic acid groups (broad SMARTS) is 1. The first-order valence-electron chi connectivity index (χ1n) is 14.1. The molecule has 1 atom stereocenters. The first-order chi connectivity index (χ1) is 16.1. The maximum atomic E-state index is 12.0. The lowest BCUT2D eigenvalue weighted by Crippen LogP contribution is -2.21. The van der Waals surface area contributed by atoms with E-state index >= 15 is 0 Å². The molecule has 0 radical (unpaired) electrons. The molecular formula is C29H54O4. The van der Waals surface area contributed by atoms with Gasteiger partial charge in [0, 0.05) is 0 Å². The van der Waals surface area contributed by atoms with Crippen LogP contribution in [0.3, 0.4) is 0 Å². The van der Waals surface area contributed by atoms with Gasteiger partial charge < -0.3 is 9.84 Å². The second-order valence-corrected chi connectivity index (χ2v) is 9.69. The first kappa shape index (κ1) is 31.7. The van der Waals surface area contributed by atoms with Crippen molar-refractivity contribution in [2.75, 3.05) is 6.61 Å². The normalized spacial score (nSPS) is 11.9. The summed E-state index contributed by atoms with van der Waals surface area (Å²) in [5.41, 5.74) is 0. The Labute approximate surface area is 204 Å². The van der Waals surface area contributed by atoms with Gasteiger partial charge in [0.15, 0.2) is 0 Å². The van der Waals surface area contributed by atoms with Crippen molar-refractivity contribution in [2.24, 2.45) is 5.92 Å². The van der Waals surface area contributed by atoms with Crippen LogP contribution in [-0.2, 0) is 14.3 Å². The van der Waals surface area contributed by atoms with Crippen molar-refractivity contribution in [1.82, 2.24) is 0 Å². The molecule has 1 unspecified atom stereocenters. The number of hydrogen-bond acceptors (Lipinski definition) is 3. The lowest BCUT2D eigenvalue weighted by atomic mass is 9.97. The average molecular weight is 467 g/mol. The molecule has 0 spiro atoms. The van der Waals surface area contributed by atoms with Crippen molar-refractivity contribution >= 4 is 11.9 Å². The van der Waals surface area contributed by atoms with Crippen LogP contribution in [0.25, 0.3) is 0 Å². The summed E-state index contributed by atoms with van der Waals surface area (Å²) >= 11 is 0. The summed E-state index contributed by atoms with van der Waals surface area (Å²) < 4.78 is 5.14. The molecule has 4 nitrogen and oxygen atoms in total.